The Labute approximate surface area is 217 Å². The van der Waals surface area contributed by atoms with Crippen molar-refractivity contribution in [3.8, 4) is 22.6 Å². The molecule has 2 saturated carbocycles. The van der Waals surface area contributed by atoms with Crippen LogP contribution in [0.4, 0.5) is 5.82 Å². The van der Waals surface area contributed by atoms with E-state index >= 15 is 0 Å². The van der Waals surface area contributed by atoms with E-state index in [1.807, 2.05) is 42.5 Å². The normalized spacial score (nSPS) is 23.4. The van der Waals surface area contributed by atoms with E-state index < -0.39 is 0 Å². The average Bonchev–Trinajstić information content (AvgIpc) is 3.56. The number of anilines is 1. The molecule has 1 spiro atoms. The van der Waals surface area contributed by atoms with E-state index in [1.54, 1.807) is 6.33 Å². The van der Waals surface area contributed by atoms with E-state index in [1.165, 1.54) is 51.6 Å². The van der Waals surface area contributed by atoms with E-state index in [2.05, 4.69) is 38.1 Å². The number of para-hydroxylation sites is 1. The summed E-state index contributed by atoms with van der Waals surface area (Å²) in [5.74, 6) is 2.17. The third-order valence-corrected chi connectivity index (χ3v) is 8.62. The molecule has 2 aliphatic carbocycles. The predicted octanol–water partition coefficient (Wildman–Crippen LogP) is 5.39. The fourth-order valence-corrected chi connectivity index (χ4v) is 6.42. The van der Waals surface area contributed by atoms with Crippen molar-refractivity contribution in [2.75, 3.05) is 25.4 Å². The van der Waals surface area contributed by atoms with Gasteiger partial charge in [-0.3, -0.25) is 4.90 Å². The summed E-state index contributed by atoms with van der Waals surface area (Å²) in [5, 5.41) is 4.70. The molecule has 4 aromatic rings. The molecule has 7 nitrogen and oxygen atoms in total. The van der Waals surface area contributed by atoms with Crippen LogP contribution in [0.3, 0.4) is 0 Å². The summed E-state index contributed by atoms with van der Waals surface area (Å²) in [4.78, 5) is 11.8. The van der Waals surface area contributed by atoms with Gasteiger partial charge >= 0.3 is 0 Å². The molecule has 2 aromatic carbocycles. The lowest BCUT2D eigenvalue weighted by Gasteiger charge is -2.42. The van der Waals surface area contributed by atoms with Crippen molar-refractivity contribution in [3.05, 3.63) is 67.1 Å². The molecule has 0 amide bonds. The largest absolute Gasteiger partial charge is 0.457 e. The first-order chi connectivity index (χ1) is 18.2. The van der Waals surface area contributed by atoms with Gasteiger partial charge in [-0.25, -0.2) is 9.97 Å². The number of rotatable bonds is 5. The van der Waals surface area contributed by atoms with Crippen LogP contribution in [0.15, 0.2) is 67.1 Å². The lowest BCUT2D eigenvalue weighted by molar-refractivity contribution is 0.0977. The van der Waals surface area contributed by atoms with E-state index in [9.17, 15) is 0 Å². The SMILES string of the molecule is Nc1ncnc2c1c(-c1ccc(Oc3ccccc3)cc1)cn2[C@H]1CC[C@@H](N2CCNC3(CC3)C2)CC1. The lowest BCUT2D eigenvalue weighted by Crippen LogP contribution is -2.56. The highest BCUT2D eigenvalue weighted by atomic mass is 16.5. The maximum absolute atomic E-state index is 6.42. The highest BCUT2D eigenvalue weighted by Crippen LogP contribution is 2.42. The van der Waals surface area contributed by atoms with Gasteiger partial charge in [-0.05, 0) is 68.4 Å². The van der Waals surface area contributed by atoms with Crippen molar-refractivity contribution in [2.45, 2.75) is 56.1 Å². The molecule has 0 radical (unpaired) electrons. The van der Waals surface area contributed by atoms with Gasteiger partial charge in [0.05, 0.1) is 5.39 Å². The first-order valence-corrected chi connectivity index (χ1v) is 13.6. The summed E-state index contributed by atoms with van der Waals surface area (Å²) < 4.78 is 8.36. The van der Waals surface area contributed by atoms with Crippen molar-refractivity contribution < 1.29 is 4.74 Å². The molecule has 2 aromatic heterocycles. The molecule has 3 fully saturated rings. The molecular formula is C30H34N6O. The van der Waals surface area contributed by atoms with E-state index in [0.717, 1.165) is 40.2 Å². The Balaban J connectivity index is 1.12. The number of benzene rings is 2. The Morgan fingerprint density at radius 2 is 1.62 bits per heavy atom. The predicted molar refractivity (Wildman–Crippen MR) is 147 cm³/mol. The van der Waals surface area contributed by atoms with Crippen molar-refractivity contribution in [2.24, 2.45) is 0 Å². The molecule has 190 valence electrons. The highest BCUT2D eigenvalue weighted by molar-refractivity contribution is 6.00. The second-order valence-corrected chi connectivity index (χ2v) is 11.0. The summed E-state index contributed by atoms with van der Waals surface area (Å²) in [7, 11) is 0. The maximum atomic E-state index is 6.42. The summed E-state index contributed by atoms with van der Waals surface area (Å²) in [6.07, 6.45) is 11.3. The average molecular weight is 495 g/mol. The number of nitrogen functional groups attached to an aromatic ring is 1. The van der Waals surface area contributed by atoms with Gasteiger partial charge in [0.1, 0.15) is 29.3 Å². The fraction of sp³-hybridized carbons (Fsp3) is 0.400. The smallest absolute Gasteiger partial charge is 0.146 e. The number of hydrogen-bond acceptors (Lipinski definition) is 6. The zero-order chi connectivity index (χ0) is 24.8. The number of fused-ring (bicyclic) bond motifs is 1. The molecule has 37 heavy (non-hydrogen) atoms. The Morgan fingerprint density at radius 1 is 0.892 bits per heavy atom. The molecule has 0 unspecified atom stereocenters. The summed E-state index contributed by atoms with van der Waals surface area (Å²) in [6, 6.07) is 19.2. The number of ether oxygens (including phenoxy) is 1. The molecule has 1 saturated heterocycles. The van der Waals surface area contributed by atoms with Gasteiger partial charge < -0.3 is 20.4 Å². The molecule has 7 heteroatoms. The van der Waals surface area contributed by atoms with Crippen LogP contribution in [0.25, 0.3) is 22.2 Å². The Kier molecular flexibility index (Phi) is 5.63. The van der Waals surface area contributed by atoms with Crippen molar-refractivity contribution in [1.29, 1.82) is 0 Å². The van der Waals surface area contributed by atoms with Crippen LogP contribution in [0, 0.1) is 0 Å². The topological polar surface area (TPSA) is 81.2 Å². The Morgan fingerprint density at radius 3 is 2.38 bits per heavy atom. The van der Waals surface area contributed by atoms with Crippen LogP contribution in [-0.4, -0.2) is 50.7 Å². The monoisotopic (exact) mass is 494 g/mol. The van der Waals surface area contributed by atoms with Crippen LogP contribution in [0.5, 0.6) is 11.5 Å². The number of aromatic nitrogens is 3. The maximum Gasteiger partial charge on any atom is 0.146 e. The minimum Gasteiger partial charge on any atom is -0.457 e. The van der Waals surface area contributed by atoms with Crippen LogP contribution in [0.1, 0.15) is 44.6 Å². The Hall–Kier alpha value is -3.42. The minimum atomic E-state index is 0.431. The van der Waals surface area contributed by atoms with Crippen LogP contribution < -0.4 is 15.8 Å². The van der Waals surface area contributed by atoms with Gasteiger partial charge in [-0.15, -0.1) is 0 Å². The van der Waals surface area contributed by atoms with E-state index in [4.69, 9.17) is 15.5 Å². The zero-order valence-corrected chi connectivity index (χ0v) is 21.1. The molecule has 0 atom stereocenters. The second-order valence-electron chi connectivity index (χ2n) is 11.0. The summed E-state index contributed by atoms with van der Waals surface area (Å²) in [5.41, 5.74) is 9.97. The molecule has 1 aliphatic heterocycles. The number of nitrogens with two attached hydrogens (primary N) is 1. The van der Waals surface area contributed by atoms with Gasteiger partial charge in [-0.1, -0.05) is 30.3 Å². The van der Waals surface area contributed by atoms with E-state index in [-0.39, 0.29) is 0 Å². The quantitative estimate of drug-likeness (QED) is 0.387. The fourth-order valence-electron chi connectivity index (χ4n) is 6.42. The third-order valence-electron chi connectivity index (χ3n) is 8.62. The highest BCUT2D eigenvalue weighted by Gasteiger charge is 2.46. The van der Waals surface area contributed by atoms with Crippen molar-refractivity contribution in [3.63, 3.8) is 0 Å². The molecule has 3 aliphatic rings. The van der Waals surface area contributed by atoms with Crippen molar-refractivity contribution in [1.82, 2.24) is 24.8 Å². The second kappa shape index (κ2) is 9.15. The molecule has 7 rings (SSSR count). The van der Waals surface area contributed by atoms with Gasteiger partial charge in [-0.2, -0.15) is 0 Å². The molecule has 3 N–H and O–H groups in total. The Bertz CT molecular complexity index is 1390. The first-order valence-electron chi connectivity index (χ1n) is 13.6. The first kappa shape index (κ1) is 22.8. The number of nitrogens with one attached hydrogen (secondary N) is 1. The van der Waals surface area contributed by atoms with Gasteiger partial charge in [0, 0.05) is 49.0 Å². The van der Waals surface area contributed by atoms with Gasteiger partial charge in [0.15, 0.2) is 0 Å². The number of piperazine rings is 1. The number of nitrogens with zero attached hydrogens (tertiary/aromatic N) is 4. The van der Waals surface area contributed by atoms with Gasteiger partial charge in [0.25, 0.3) is 0 Å². The standard InChI is InChI=1S/C30H34N6O/c31-28-27-26(21-6-12-25(13-7-21)37-24-4-2-1-3-5-24)18-36(29(27)33-20-32-28)23-10-8-22(9-11-23)35-17-16-34-30(19-35)14-15-30/h1-7,12-13,18,20,22-23,34H,8-11,14-17,19H2,(H2,31,32,33)/t22-,23+. The summed E-state index contributed by atoms with van der Waals surface area (Å²) >= 11 is 0. The third kappa shape index (κ3) is 4.36. The van der Waals surface area contributed by atoms with Crippen molar-refractivity contribution >= 4 is 16.9 Å². The molecule has 3 heterocycles. The molecule has 0 bridgehead atoms. The zero-order valence-electron chi connectivity index (χ0n) is 21.1. The molecular weight excluding hydrogens is 460 g/mol. The van der Waals surface area contributed by atoms with Crippen LogP contribution in [-0.2, 0) is 0 Å². The summed E-state index contributed by atoms with van der Waals surface area (Å²) in [6.45, 7) is 3.55. The van der Waals surface area contributed by atoms with E-state index in [0.29, 0.717) is 23.4 Å². The lowest BCUT2D eigenvalue weighted by atomic mass is 9.89. The van der Waals surface area contributed by atoms with Crippen LogP contribution in [0.2, 0.25) is 0 Å². The number of hydrogen-bond donors (Lipinski definition) is 2. The minimum absolute atomic E-state index is 0.431. The van der Waals surface area contributed by atoms with Gasteiger partial charge in [0.2, 0.25) is 0 Å². The van der Waals surface area contributed by atoms with Crippen LogP contribution >= 0.6 is 0 Å².